The Kier molecular flexibility index (Phi) is 11.0. The van der Waals surface area contributed by atoms with E-state index in [1.807, 2.05) is 18.4 Å². The summed E-state index contributed by atoms with van der Waals surface area (Å²) in [7, 11) is -3.59. The largest absolute Gasteiger partial charge is 0.387 e. The molecule has 1 aliphatic rings. The first-order valence-corrected chi connectivity index (χ1v) is 13.1. The van der Waals surface area contributed by atoms with Gasteiger partial charge in [0.25, 0.3) is 13.4 Å². The third kappa shape index (κ3) is 8.73. The number of hydrogen-bond donors (Lipinski definition) is 5. The number of ether oxygens (including phenoxy) is 1. The van der Waals surface area contributed by atoms with Gasteiger partial charge in [-0.25, -0.2) is 10.1 Å². The summed E-state index contributed by atoms with van der Waals surface area (Å²) in [6, 6.07) is 0. The molecule has 32 heavy (non-hydrogen) atoms. The molecule has 2 heterocycles. The van der Waals surface area contributed by atoms with Crippen molar-refractivity contribution in [3.05, 3.63) is 17.7 Å². The van der Waals surface area contributed by atoms with Crippen LogP contribution in [0.3, 0.4) is 0 Å². The lowest BCUT2D eigenvalue weighted by Crippen LogP contribution is -2.25. The topological polar surface area (TPSA) is 170 Å². The van der Waals surface area contributed by atoms with Crippen molar-refractivity contribution in [3.63, 3.8) is 0 Å². The number of nitrogens with two attached hydrogens (primary N) is 2. The van der Waals surface area contributed by atoms with Gasteiger partial charge in [0.15, 0.2) is 5.69 Å². The molecule has 7 N–H and O–H groups in total. The zero-order chi connectivity index (χ0) is 23.6. The zero-order valence-corrected chi connectivity index (χ0v) is 20.0. The van der Waals surface area contributed by atoms with Crippen LogP contribution >= 0.6 is 7.52 Å². The van der Waals surface area contributed by atoms with Crippen molar-refractivity contribution in [1.29, 1.82) is 0 Å². The van der Waals surface area contributed by atoms with Crippen molar-refractivity contribution in [2.75, 3.05) is 32.5 Å². The van der Waals surface area contributed by atoms with Gasteiger partial charge in [-0.1, -0.05) is 6.92 Å². The van der Waals surface area contributed by atoms with Crippen molar-refractivity contribution in [3.8, 4) is 0 Å². The highest BCUT2D eigenvalue weighted by molar-refractivity contribution is 7.55. The predicted molar refractivity (Wildman–Crippen MR) is 125 cm³/mol. The zero-order valence-electron chi connectivity index (χ0n) is 19.1. The lowest BCUT2D eigenvalue weighted by Gasteiger charge is -2.21. The smallest absolute Gasteiger partial charge is 0.299 e. The summed E-state index contributed by atoms with van der Waals surface area (Å²) in [5, 5.41) is 5.97. The van der Waals surface area contributed by atoms with Crippen LogP contribution in [0.15, 0.2) is 11.3 Å². The molecule has 0 spiro atoms. The molecule has 0 bridgehead atoms. The second kappa shape index (κ2) is 13.2. The van der Waals surface area contributed by atoms with Gasteiger partial charge in [-0.2, -0.15) is 4.99 Å². The van der Waals surface area contributed by atoms with E-state index >= 15 is 0 Å². The second-order valence-electron chi connectivity index (χ2n) is 8.29. The van der Waals surface area contributed by atoms with E-state index in [0.29, 0.717) is 37.6 Å². The van der Waals surface area contributed by atoms with Gasteiger partial charge < -0.3 is 31.0 Å². The molecule has 12 heteroatoms. The Morgan fingerprint density at radius 1 is 1.34 bits per heavy atom. The molecule has 3 unspecified atom stereocenters. The Balaban J connectivity index is 1.79. The summed E-state index contributed by atoms with van der Waals surface area (Å²) < 4.78 is 19.8. The fourth-order valence-corrected chi connectivity index (χ4v) is 4.60. The fourth-order valence-electron chi connectivity index (χ4n) is 3.55. The Hall–Kier alpha value is -1.62. The molecule has 182 valence electrons. The molecular formula is C20H38N7O4P. The number of aromatic nitrogens is 2. The number of amides is 1. The number of carbonyl (C=O) groups is 1. The number of fused-ring (bicyclic) bond motifs is 1. The second-order valence-corrected chi connectivity index (χ2v) is 10.3. The van der Waals surface area contributed by atoms with Gasteiger partial charge in [0.2, 0.25) is 0 Å². The first-order valence-electron chi connectivity index (χ1n) is 11.2. The van der Waals surface area contributed by atoms with Crippen LogP contribution in [-0.2, 0) is 15.8 Å². The minimum Gasteiger partial charge on any atom is -0.387 e. The maximum absolute atomic E-state index is 12.3. The van der Waals surface area contributed by atoms with E-state index in [4.69, 9.17) is 16.2 Å². The van der Waals surface area contributed by atoms with Crippen molar-refractivity contribution in [2.24, 2.45) is 16.5 Å². The van der Waals surface area contributed by atoms with Crippen LogP contribution in [0.1, 0.15) is 68.1 Å². The number of nitrogens with zero attached hydrogens (tertiary/aromatic N) is 3. The first-order chi connectivity index (χ1) is 15.2. The van der Waals surface area contributed by atoms with Crippen LogP contribution in [0.4, 0.5) is 0 Å². The molecule has 0 saturated heterocycles. The van der Waals surface area contributed by atoms with Gasteiger partial charge in [-0.3, -0.25) is 9.36 Å². The molecule has 11 nitrogen and oxygen atoms in total. The Bertz CT molecular complexity index is 814. The van der Waals surface area contributed by atoms with Crippen molar-refractivity contribution < 1.29 is 19.0 Å². The Morgan fingerprint density at radius 3 is 2.84 bits per heavy atom. The molecule has 0 aromatic carbocycles. The number of amidine groups is 1. The molecule has 1 amide bonds. The average molecular weight is 472 g/mol. The highest BCUT2D eigenvalue weighted by atomic mass is 31.2. The summed E-state index contributed by atoms with van der Waals surface area (Å²) in [4.78, 5) is 30.6. The highest BCUT2D eigenvalue weighted by Gasteiger charge is 2.26. The predicted octanol–water partition coefficient (Wildman–Crippen LogP) is 1.13. The van der Waals surface area contributed by atoms with Crippen molar-refractivity contribution in [2.45, 2.75) is 64.5 Å². The Labute approximate surface area is 189 Å². The number of imidazole rings is 1. The van der Waals surface area contributed by atoms with E-state index in [1.54, 1.807) is 6.33 Å². The lowest BCUT2D eigenvalue weighted by molar-refractivity contribution is 0.0799. The highest BCUT2D eigenvalue weighted by Crippen LogP contribution is 2.35. The van der Waals surface area contributed by atoms with Gasteiger partial charge >= 0.3 is 0 Å². The molecular weight excluding hydrogens is 433 g/mol. The summed E-state index contributed by atoms with van der Waals surface area (Å²) in [5.41, 5.74) is 12.3. The van der Waals surface area contributed by atoms with E-state index in [0.717, 1.165) is 44.5 Å². The normalized spacial score (nSPS) is 19.6. The number of rotatable bonds is 14. The molecule has 3 atom stereocenters. The third-order valence-electron chi connectivity index (χ3n) is 5.31. The number of hydrogen-bond acceptors (Lipinski definition) is 7. The van der Waals surface area contributed by atoms with Crippen molar-refractivity contribution >= 4 is 19.3 Å². The van der Waals surface area contributed by atoms with Crippen LogP contribution in [0.25, 0.3) is 0 Å². The summed E-state index contributed by atoms with van der Waals surface area (Å²) >= 11 is 0. The summed E-state index contributed by atoms with van der Waals surface area (Å²) in [6.07, 6.45) is 5.02. The van der Waals surface area contributed by atoms with Gasteiger partial charge in [0.05, 0.1) is 18.1 Å². The van der Waals surface area contributed by atoms with E-state index in [-0.39, 0.29) is 18.4 Å². The lowest BCUT2D eigenvalue weighted by atomic mass is 9.97. The number of unbranched alkanes of at least 4 members (excludes halogenated alkanes) is 1. The van der Waals surface area contributed by atoms with Crippen LogP contribution in [0.2, 0.25) is 0 Å². The van der Waals surface area contributed by atoms with Gasteiger partial charge in [0.1, 0.15) is 12.2 Å². The SMILES string of the molecule is CC(Cn1cnc2c1C(C)CCC(N)=NC2=O)OCP(=O)(O)NCCCNCCCCN. The molecule has 0 aliphatic carbocycles. The standard InChI is InChI=1S/C20H38N7O4P/c1-15-6-7-17(22)26-20(28)18-19(15)27(13-24-18)12-16(2)31-14-32(29,30)25-11-5-10-23-9-4-3-8-21/h13,15-16,23H,3-12,14,21H2,1-2H3,(H2,22,26,28)(H2,25,29,30). The molecule has 1 aliphatic heterocycles. The van der Waals surface area contributed by atoms with Gasteiger partial charge in [0, 0.05) is 19.5 Å². The van der Waals surface area contributed by atoms with E-state index in [2.05, 4.69) is 20.4 Å². The van der Waals surface area contributed by atoms with Crippen molar-refractivity contribution in [1.82, 2.24) is 20.0 Å². The molecule has 1 aromatic heterocycles. The third-order valence-corrected chi connectivity index (χ3v) is 6.53. The van der Waals surface area contributed by atoms with Gasteiger partial charge in [-0.05, 0) is 58.2 Å². The molecule has 0 saturated carbocycles. The number of carbonyl (C=O) groups excluding carboxylic acids is 1. The molecule has 1 aromatic rings. The maximum atomic E-state index is 12.3. The minimum absolute atomic E-state index is 0.0761. The van der Waals surface area contributed by atoms with E-state index in [1.165, 1.54) is 0 Å². The maximum Gasteiger partial charge on any atom is 0.299 e. The molecule has 0 radical (unpaired) electrons. The number of aliphatic imine (C=N–C) groups is 1. The van der Waals surface area contributed by atoms with Gasteiger partial charge in [-0.15, -0.1) is 0 Å². The minimum atomic E-state index is -3.59. The quantitative estimate of drug-likeness (QED) is 0.197. The fraction of sp³-hybridized carbons (Fsp3) is 0.750. The average Bonchev–Trinajstić information content (AvgIpc) is 3.15. The number of nitrogens with one attached hydrogen (secondary N) is 2. The van der Waals surface area contributed by atoms with E-state index < -0.39 is 13.4 Å². The van der Waals surface area contributed by atoms with E-state index in [9.17, 15) is 14.3 Å². The van der Waals surface area contributed by atoms with Crippen LogP contribution in [-0.4, -0.2) is 64.8 Å². The Morgan fingerprint density at radius 2 is 2.09 bits per heavy atom. The van der Waals surface area contributed by atoms with Crippen LogP contribution in [0.5, 0.6) is 0 Å². The molecule has 2 rings (SSSR count). The summed E-state index contributed by atoms with van der Waals surface area (Å²) in [6.45, 7) is 7.04. The van der Waals surface area contributed by atoms with Crippen LogP contribution < -0.4 is 21.9 Å². The molecule has 0 fully saturated rings. The monoisotopic (exact) mass is 471 g/mol. The first kappa shape index (κ1) is 26.6. The summed E-state index contributed by atoms with van der Waals surface area (Å²) in [5.74, 6) is -0.0335. The van der Waals surface area contributed by atoms with Crippen LogP contribution in [0, 0.1) is 0 Å².